The number of methoxy groups -OCH3 is 1. The van der Waals surface area contributed by atoms with Gasteiger partial charge < -0.3 is 14.3 Å². The summed E-state index contributed by atoms with van der Waals surface area (Å²) in [7, 11) is 1.49. The van der Waals surface area contributed by atoms with Crippen LogP contribution in [0.5, 0.6) is 5.75 Å². The molecule has 20 heavy (non-hydrogen) atoms. The summed E-state index contributed by atoms with van der Waals surface area (Å²) in [5.41, 5.74) is 2.15. The Bertz CT molecular complexity index is 740. The Balaban J connectivity index is 1.81. The number of ether oxygens (including phenoxy) is 1. The van der Waals surface area contributed by atoms with Gasteiger partial charge in [0.2, 0.25) is 0 Å². The second-order valence-corrected chi connectivity index (χ2v) is 6.54. The Kier molecular flexibility index (Phi) is 2.52. The van der Waals surface area contributed by atoms with E-state index in [2.05, 4.69) is 9.55 Å². The number of aromatic amines is 1. The molecule has 4 rings (SSSR count). The highest BCUT2D eigenvalue weighted by molar-refractivity contribution is 7.71. The van der Waals surface area contributed by atoms with Crippen molar-refractivity contribution in [2.75, 3.05) is 7.11 Å². The molecule has 0 bridgehead atoms. The number of aromatic nitrogens is 2. The molecule has 2 fully saturated rings. The Morgan fingerprint density at radius 3 is 2.80 bits per heavy atom. The number of hydrogen-bond acceptors (Lipinski definition) is 2. The topological polar surface area (TPSA) is 29.9 Å². The molecule has 1 N–H and O–H groups in total. The van der Waals surface area contributed by atoms with Gasteiger partial charge >= 0.3 is 0 Å². The molecule has 0 unspecified atom stereocenters. The summed E-state index contributed by atoms with van der Waals surface area (Å²) in [5, 5.41) is 0. The zero-order valence-corrected chi connectivity index (χ0v) is 12.2. The van der Waals surface area contributed by atoms with Gasteiger partial charge in [0, 0.05) is 18.7 Å². The Morgan fingerprint density at radius 1 is 1.45 bits per heavy atom. The second-order valence-electron chi connectivity index (χ2n) is 6.16. The lowest BCUT2D eigenvalue weighted by Crippen LogP contribution is -2.13. The van der Waals surface area contributed by atoms with E-state index >= 15 is 0 Å². The molecular weight excluding hydrogens is 275 g/mol. The normalized spacial score (nSPS) is 20.3. The van der Waals surface area contributed by atoms with Gasteiger partial charge in [0.15, 0.2) is 16.3 Å². The van der Waals surface area contributed by atoms with Crippen molar-refractivity contribution in [1.82, 2.24) is 9.55 Å². The molecule has 0 radical (unpaired) electrons. The van der Waals surface area contributed by atoms with Crippen molar-refractivity contribution in [1.29, 1.82) is 0 Å². The first-order chi connectivity index (χ1) is 9.63. The molecule has 2 aliphatic rings. The lowest BCUT2D eigenvalue weighted by molar-refractivity contribution is 0.371. The van der Waals surface area contributed by atoms with Crippen molar-refractivity contribution in [2.24, 2.45) is 11.3 Å². The maximum atomic E-state index is 13.8. The Hall–Kier alpha value is -1.36. The molecule has 2 aliphatic carbocycles. The Morgan fingerprint density at radius 2 is 2.20 bits per heavy atom. The lowest BCUT2D eigenvalue weighted by Gasteiger charge is -2.15. The van der Waals surface area contributed by atoms with Crippen LogP contribution in [0.1, 0.15) is 25.7 Å². The number of halogens is 1. The maximum Gasteiger partial charge on any atom is 0.178 e. The van der Waals surface area contributed by atoms with Crippen LogP contribution in [0.15, 0.2) is 12.1 Å². The van der Waals surface area contributed by atoms with Gasteiger partial charge in [0.25, 0.3) is 0 Å². The summed E-state index contributed by atoms with van der Waals surface area (Å²) in [5.74, 6) is 0.792. The van der Waals surface area contributed by atoms with Crippen LogP contribution in [0.2, 0.25) is 0 Å². The third-order valence-electron chi connectivity index (χ3n) is 4.86. The third kappa shape index (κ3) is 1.79. The van der Waals surface area contributed by atoms with Gasteiger partial charge in [-0.1, -0.05) is 0 Å². The number of rotatable bonds is 4. The zero-order chi connectivity index (χ0) is 13.9. The highest BCUT2D eigenvalue weighted by atomic mass is 32.1. The standard InChI is InChI=1S/C15H17FN2OS/c1-19-13-7-12-11(6-10(13)16)17-14(20)18(12)8-15(4-5-15)9-2-3-9/h6-7,9H,2-5,8H2,1H3,(H,17,20). The van der Waals surface area contributed by atoms with E-state index < -0.39 is 0 Å². The number of fused-ring (bicyclic) bond motifs is 1. The molecule has 1 aromatic carbocycles. The first-order valence-corrected chi connectivity index (χ1v) is 7.50. The molecule has 0 saturated heterocycles. The van der Waals surface area contributed by atoms with Crippen LogP contribution in [-0.4, -0.2) is 16.7 Å². The van der Waals surface area contributed by atoms with Gasteiger partial charge in [-0.05, 0) is 49.2 Å². The SMILES string of the molecule is COc1cc2c(cc1F)[nH]c(=S)n2CC1(C2CC2)CC1. The minimum Gasteiger partial charge on any atom is -0.494 e. The van der Waals surface area contributed by atoms with Crippen LogP contribution < -0.4 is 4.74 Å². The van der Waals surface area contributed by atoms with Crippen LogP contribution in [0.25, 0.3) is 11.0 Å². The van der Waals surface area contributed by atoms with Crippen molar-refractivity contribution < 1.29 is 9.13 Å². The zero-order valence-electron chi connectivity index (χ0n) is 11.4. The lowest BCUT2D eigenvalue weighted by atomic mass is 10.0. The van der Waals surface area contributed by atoms with Crippen LogP contribution in [-0.2, 0) is 6.54 Å². The first-order valence-electron chi connectivity index (χ1n) is 7.09. The monoisotopic (exact) mass is 292 g/mol. The second kappa shape index (κ2) is 4.07. The van der Waals surface area contributed by atoms with Gasteiger partial charge in [0.05, 0.1) is 18.1 Å². The van der Waals surface area contributed by atoms with E-state index in [-0.39, 0.29) is 11.6 Å². The summed E-state index contributed by atoms with van der Waals surface area (Å²) in [4.78, 5) is 3.11. The van der Waals surface area contributed by atoms with E-state index in [0.29, 0.717) is 10.2 Å². The number of H-pyrrole nitrogens is 1. The number of nitrogens with one attached hydrogen (secondary N) is 1. The van der Waals surface area contributed by atoms with Crippen LogP contribution >= 0.6 is 12.2 Å². The quantitative estimate of drug-likeness (QED) is 0.862. The van der Waals surface area contributed by atoms with Crippen LogP contribution in [0, 0.1) is 21.9 Å². The summed E-state index contributed by atoms with van der Waals surface area (Å²) in [6.07, 6.45) is 5.30. The number of nitrogens with zero attached hydrogens (tertiary/aromatic N) is 1. The summed E-state index contributed by atoms with van der Waals surface area (Å²) < 4.78 is 21.7. The molecule has 1 aromatic heterocycles. The average molecular weight is 292 g/mol. The fourth-order valence-electron chi connectivity index (χ4n) is 3.34. The molecule has 5 heteroatoms. The molecule has 3 nitrogen and oxygen atoms in total. The minimum atomic E-state index is -0.355. The van der Waals surface area contributed by atoms with E-state index in [4.69, 9.17) is 17.0 Å². The van der Waals surface area contributed by atoms with Crippen molar-refractivity contribution in [2.45, 2.75) is 32.2 Å². The predicted molar refractivity (Wildman–Crippen MR) is 78.0 cm³/mol. The molecule has 0 amide bonds. The van der Waals surface area contributed by atoms with E-state index in [0.717, 1.165) is 23.5 Å². The van der Waals surface area contributed by atoms with Gasteiger partial charge in [0.1, 0.15) is 0 Å². The van der Waals surface area contributed by atoms with Crippen molar-refractivity contribution in [3.8, 4) is 5.75 Å². The number of benzene rings is 1. The van der Waals surface area contributed by atoms with E-state index in [9.17, 15) is 4.39 Å². The van der Waals surface area contributed by atoms with E-state index in [1.54, 1.807) is 6.07 Å². The fraction of sp³-hybridized carbons (Fsp3) is 0.533. The largest absolute Gasteiger partial charge is 0.494 e. The molecule has 106 valence electrons. The first kappa shape index (κ1) is 12.4. The van der Waals surface area contributed by atoms with Gasteiger partial charge in [-0.2, -0.15) is 0 Å². The highest BCUT2D eigenvalue weighted by Crippen LogP contribution is 2.62. The van der Waals surface area contributed by atoms with Crippen molar-refractivity contribution in [3.05, 3.63) is 22.7 Å². The van der Waals surface area contributed by atoms with E-state index in [1.807, 2.05) is 0 Å². The minimum absolute atomic E-state index is 0.275. The van der Waals surface area contributed by atoms with Gasteiger partial charge in [-0.15, -0.1) is 0 Å². The molecule has 2 aromatic rings. The van der Waals surface area contributed by atoms with E-state index in [1.165, 1.54) is 38.9 Å². The summed E-state index contributed by atoms with van der Waals surface area (Å²) >= 11 is 5.42. The molecular formula is C15H17FN2OS. The Labute approximate surface area is 121 Å². The predicted octanol–water partition coefficient (Wildman–Crippen LogP) is 4.04. The number of hydrogen-bond donors (Lipinski definition) is 1. The third-order valence-corrected chi connectivity index (χ3v) is 5.18. The molecule has 0 atom stereocenters. The maximum absolute atomic E-state index is 13.8. The average Bonchev–Trinajstić information content (AvgIpc) is 3.29. The molecule has 2 saturated carbocycles. The summed E-state index contributed by atoms with van der Waals surface area (Å²) in [6.45, 7) is 0.950. The van der Waals surface area contributed by atoms with Gasteiger partial charge in [-0.25, -0.2) is 4.39 Å². The molecule has 0 spiro atoms. The smallest absolute Gasteiger partial charge is 0.178 e. The summed E-state index contributed by atoms with van der Waals surface area (Å²) in [6, 6.07) is 3.22. The van der Waals surface area contributed by atoms with Crippen molar-refractivity contribution >= 4 is 23.3 Å². The highest BCUT2D eigenvalue weighted by Gasteiger charge is 2.53. The van der Waals surface area contributed by atoms with Crippen LogP contribution in [0.3, 0.4) is 0 Å². The number of imidazole rings is 1. The van der Waals surface area contributed by atoms with Crippen LogP contribution in [0.4, 0.5) is 4.39 Å². The molecule has 0 aliphatic heterocycles. The van der Waals surface area contributed by atoms with Gasteiger partial charge in [-0.3, -0.25) is 0 Å². The fourth-order valence-corrected chi connectivity index (χ4v) is 3.61. The van der Waals surface area contributed by atoms with Crippen molar-refractivity contribution in [3.63, 3.8) is 0 Å². The molecule has 1 heterocycles.